The number of hydrogen-bond donors (Lipinski definition) is 0. The molecule has 35 heavy (non-hydrogen) atoms. The van der Waals surface area contributed by atoms with Gasteiger partial charge < -0.3 is 9.64 Å². The summed E-state index contributed by atoms with van der Waals surface area (Å²) in [7, 11) is 1.55. The number of ether oxygens (including phenoxy) is 1. The minimum atomic E-state index is -3.09. The molecule has 1 aliphatic rings. The predicted molar refractivity (Wildman–Crippen MR) is 126 cm³/mol. The van der Waals surface area contributed by atoms with Gasteiger partial charge in [-0.2, -0.15) is 5.26 Å². The van der Waals surface area contributed by atoms with Crippen LogP contribution in [0.1, 0.15) is 40.7 Å². The second-order valence-electron chi connectivity index (χ2n) is 8.25. The van der Waals surface area contributed by atoms with Crippen LogP contribution in [0.25, 0.3) is 23.1 Å². The molecule has 7 nitrogen and oxygen atoms in total. The molecule has 1 aromatic carbocycles. The van der Waals surface area contributed by atoms with Crippen molar-refractivity contribution in [3.8, 4) is 11.9 Å². The summed E-state index contributed by atoms with van der Waals surface area (Å²) >= 11 is 0. The standard InChI is InChI=1S/C26H22F2N4O3/c1-35-24-8-5-18(15-31-24)3-2-17-4-6-22-21(12-17)20(10-11-30-22)23(33)7-9-25(34)32-16-26(27,28)13-19(32)14-29/h2-6,8,10-12,15,19H,7,9,13,16H2,1H3/b3-2+/t19-/m0/s1. The highest BCUT2D eigenvalue weighted by atomic mass is 19.3. The number of nitrogens with zero attached hydrogens (tertiary/aromatic N) is 4. The van der Waals surface area contributed by atoms with Gasteiger partial charge in [-0.3, -0.25) is 14.6 Å². The van der Waals surface area contributed by atoms with E-state index in [1.807, 2.05) is 30.4 Å². The molecule has 0 saturated carbocycles. The first kappa shape index (κ1) is 24.0. The molecule has 0 spiro atoms. The third-order valence-electron chi connectivity index (χ3n) is 5.81. The molecule has 1 amide bonds. The van der Waals surface area contributed by atoms with E-state index in [4.69, 9.17) is 10.00 Å². The first-order valence-electron chi connectivity index (χ1n) is 11.0. The zero-order chi connectivity index (χ0) is 25.0. The Bertz CT molecular complexity index is 1330. The second-order valence-corrected chi connectivity index (χ2v) is 8.25. The fourth-order valence-corrected chi connectivity index (χ4v) is 4.01. The van der Waals surface area contributed by atoms with Gasteiger partial charge >= 0.3 is 0 Å². The lowest BCUT2D eigenvalue weighted by atomic mass is 10.00. The van der Waals surface area contributed by atoms with E-state index in [0.717, 1.165) is 16.0 Å². The maximum Gasteiger partial charge on any atom is 0.268 e. The van der Waals surface area contributed by atoms with Crippen LogP contribution in [0.3, 0.4) is 0 Å². The van der Waals surface area contributed by atoms with E-state index in [1.54, 1.807) is 37.6 Å². The normalized spacial score (nSPS) is 17.0. The van der Waals surface area contributed by atoms with Crippen LogP contribution in [0.2, 0.25) is 0 Å². The summed E-state index contributed by atoms with van der Waals surface area (Å²) in [6.45, 7) is -0.796. The van der Waals surface area contributed by atoms with Crippen LogP contribution in [-0.2, 0) is 4.79 Å². The van der Waals surface area contributed by atoms with Gasteiger partial charge in [-0.05, 0) is 35.4 Å². The van der Waals surface area contributed by atoms with E-state index in [2.05, 4.69) is 9.97 Å². The first-order valence-corrected chi connectivity index (χ1v) is 11.0. The molecule has 9 heteroatoms. The molecular formula is C26H22F2N4O3. The second kappa shape index (κ2) is 9.97. The summed E-state index contributed by atoms with van der Waals surface area (Å²) in [4.78, 5) is 34.8. The van der Waals surface area contributed by atoms with E-state index in [-0.39, 0.29) is 18.6 Å². The number of fused-ring (bicyclic) bond motifs is 1. The number of benzene rings is 1. The maximum atomic E-state index is 13.6. The van der Waals surface area contributed by atoms with Gasteiger partial charge in [0.1, 0.15) is 6.04 Å². The van der Waals surface area contributed by atoms with Crippen molar-refractivity contribution in [2.45, 2.75) is 31.2 Å². The van der Waals surface area contributed by atoms with Crippen molar-refractivity contribution in [2.24, 2.45) is 0 Å². The number of nitriles is 1. The van der Waals surface area contributed by atoms with Crippen molar-refractivity contribution in [1.82, 2.24) is 14.9 Å². The number of rotatable bonds is 7. The van der Waals surface area contributed by atoms with E-state index < -0.39 is 30.8 Å². The summed E-state index contributed by atoms with van der Waals surface area (Å²) in [6, 6.07) is 11.3. The number of halogens is 2. The lowest BCUT2D eigenvalue weighted by Crippen LogP contribution is -2.36. The Balaban J connectivity index is 1.49. The minimum absolute atomic E-state index is 0.157. The highest BCUT2D eigenvalue weighted by Gasteiger charge is 2.47. The Morgan fingerprint density at radius 3 is 2.66 bits per heavy atom. The van der Waals surface area contributed by atoms with Crippen LogP contribution in [0.15, 0.2) is 48.8 Å². The Morgan fingerprint density at radius 1 is 1.17 bits per heavy atom. The molecule has 3 aromatic rings. The largest absolute Gasteiger partial charge is 0.481 e. The fraction of sp³-hybridized carbons (Fsp3) is 0.269. The summed E-state index contributed by atoms with van der Waals surface area (Å²) in [6.07, 6.45) is 5.86. The molecule has 178 valence electrons. The smallest absolute Gasteiger partial charge is 0.268 e. The topological polar surface area (TPSA) is 96.2 Å². The molecule has 3 heterocycles. The van der Waals surface area contributed by atoms with E-state index in [1.165, 1.54) is 6.20 Å². The van der Waals surface area contributed by atoms with Crippen LogP contribution >= 0.6 is 0 Å². The fourth-order valence-electron chi connectivity index (χ4n) is 4.01. The van der Waals surface area contributed by atoms with Crippen LogP contribution in [0, 0.1) is 11.3 Å². The number of Topliss-reactive ketones (excluding diaryl/α,β-unsaturated/α-hetero) is 1. The lowest BCUT2D eigenvalue weighted by Gasteiger charge is -2.18. The minimum Gasteiger partial charge on any atom is -0.481 e. The van der Waals surface area contributed by atoms with Crippen molar-refractivity contribution in [3.63, 3.8) is 0 Å². The van der Waals surface area contributed by atoms with Crippen LogP contribution < -0.4 is 4.74 Å². The van der Waals surface area contributed by atoms with Gasteiger partial charge in [-0.25, -0.2) is 13.8 Å². The zero-order valence-corrected chi connectivity index (χ0v) is 18.9. The van der Waals surface area contributed by atoms with Crippen molar-refractivity contribution in [3.05, 3.63) is 65.5 Å². The molecule has 0 radical (unpaired) electrons. The summed E-state index contributed by atoms with van der Waals surface area (Å²) in [5.41, 5.74) is 2.72. The van der Waals surface area contributed by atoms with Crippen LogP contribution in [-0.4, -0.2) is 52.2 Å². The number of likely N-dealkylation sites (tertiary alicyclic amines) is 1. The monoisotopic (exact) mass is 476 g/mol. The average molecular weight is 476 g/mol. The number of methoxy groups -OCH3 is 1. The maximum absolute atomic E-state index is 13.6. The van der Waals surface area contributed by atoms with Crippen LogP contribution in [0.4, 0.5) is 8.78 Å². The molecule has 1 aliphatic heterocycles. The Kier molecular flexibility index (Phi) is 6.82. The van der Waals surface area contributed by atoms with Gasteiger partial charge in [-0.15, -0.1) is 0 Å². The third-order valence-corrected chi connectivity index (χ3v) is 5.81. The number of carbonyl (C=O) groups excluding carboxylic acids is 2. The third kappa shape index (κ3) is 5.49. The number of carbonyl (C=O) groups is 2. The molecule has 0 aliphatic carbocycles. The first-order chi connectivity index (χ1) is 16.8. The highest BCUT2D eigenvalue weighted by molar-refractivity contribution is 6.08. The van der Waals surface area contributed by atoms with Crippen LogP contribution in [0.5, 0.6) is 5.88 Å². The number of aromatic nitrogens is 2. The Hall–Kier alpha value is -4.19. The van der Waals surface area contributed by atoms with Crippen molar-refractivity contribution >= 4 is 34.7 Å². The quantitative estimate of drug-likeness (QED) is 0.465. The number of alkyl halides is 2. The van der Waals surface area contributed by atoms with E-state index in [9.17, 15) is 18.4 Å². The molecule has 0 bridgehead atoms. The van der Waals surface area contributed by atoms with Crippen molar-refractivity contribution in [1.29, 1.82) is 5.26 Å². The Morgan fingerprint density at radius 2 is 1.94 bits per heavy atom. The number of pyridine rings is 2. The number of ketones is 1. The lowest BCUT2D eigenvalue weighted by molar-refractivity contribution is -0.132. The summed E-state index contributed by atoms with van der Waals surface area (Å²) < 4.78 is 32.3. The SMILES string of the molecule is COc1ccc(/C=C/c2ccc3nccc(C(=O)CCC(=O)N4CC(F)(F)C[C@H]4C#N)c3c2)cn1. The van der Waals surface area contributed by atoms with Gasteiger partial charge in [-0.1, -0.05) is 18.2 Å². The molecule has 4 rings (SSSR count). The van der Waals surface area contributed by atoms with E-state index in [0.29, 0.717) is 22.3 Å². The predicted octanol–water partition coefficient (Wildman–Crippen LogP) is 4.53. The number of amides is 1. The molecule has 0 unspecified atom stereocenters. The van der Waals surface area contributed by atoms with Crippen molar-refractivity contribution < 1.29 is 23.1 Å². The zero-order valence-electron chi connectivity index (χ0n) is 18.9. The van der Waals surface area contributed by atoms with E-state index >= 15 is 0 Å². The summed E-state index contributed by atoms with van der Waals surface area (Å²) in [5.74, 6) is -3.50. The molecule has 2 aromatic heterocycles. The molecule has 1 fully saturated rings. The molecule has 0 N–H and O–H groups in total. The van der Waals surface area contributed by atoms with Gasteiger partial charge in [0.05, 0.1) is 25.2 Å². The molecule has 1 atom stereocenters. The highest BCUT2D eigenvalue weighted by Crippen LogP contribution is 2.32. The van der Waals surface area contributed by atoms with Gasteiger partial charge in [0, 0.05) is 48.7 Å². The van der Waals surface area contributed by atoms with Gasteiger partial charge in [0.2, 0.25) is 11.8 Å². The number of hydrogen-bond acceptors (Lipinski definition) is 6. The molecular weight excluding hydrogens is 454 g/mol. The van der Waals surface area contributed by atoms with Gasteiger partial charge in [0.25, 0.3) is 5.92 Å². The van der Waals surface area contributed by atoms with Crippen molar-refractivity contribution in [2.75, 3.05) is 13.7 Å². The summed E-state index contributed by atoms with van der Waals surface area (Å²) in [5, 5.41) is 9.72. The molecule has 1 saturated heterocycles. The van der Waals surface area contributed by atoms with Gasteiger partial charge in [0.15, 0.2) is 5.78 Å². The Labute approximate surface area is 200 Å². The average Bonchev–Trinajstić information content (AvgIpc) is 3.20.